The fourth-order valence-corrected chi connectivity index (χ4v) is 2.45. The van der Waals surface area contributed by atoms with Crippen molar-refractivity contribution in [2.45, 2.75) is 33.1 Å². The van der Waals surface area contributed by atoms with E-state index in [-0.39, 0.29) is 18.2 Å². The third kappa shape index (κ3) is 6.62. The highest BCUT2D eigenvalue weighted by molar-refractivity contribution is 5.91. The van der Waals surface area contributed by atoms with Crippen LogP contribution in [0, 0.1) is 17.0 Å². The maximum atomic E-state index is 12.0. The van der Waals surface area contributed by atoms with E-state index >= 15 is 0 Å². The van der Waals surface area contributed by atoms with Gasteiger partial charge in [-0.15, -0.1) is 0 Å². The van der Waals surface area contributed by atoms with Crippen LogP contribution in [0.5, 0.6) is 11.5 Å². The van der Waals surface area contributed by atoms with E-state index in [1.54, 1.807) is 19.1 Å². The molecule has 2 aromatic rings. The van der Waals surface area contributed by atoms with E-state index in [0.717, 1.165) is 25.0 Å². The highest BCUT2D eigenvalue weighted by Crippen LogP contribution is 2.23. The number of hydrogen-bond donors (Lipinski definition) is 1. The topological polar surface area (TPSA) is 90.7 Å². The summed E-state index contributed by atoms with van der Waals surface area (Å²) in [7, 11) is 0. The quantitative estimate of drug-likeness (QED) is 0.377. The third-order valence-corrected chi connectivity index (χ3v) is 3.89. The number of unbranched alkanes of at least 4 members (excludes halogenated alkanes) is 2. The maximum Gasteiger partial charge on any atom is 0.272 e. The molecule has 0 aliphatic heterocycles. The van der Waals surface area contributed by atoms with Crippen molar-refractivity contribution in [1.29, 1.82) is 0 Å². The first-order valence-corrected chi connectivity index (χ1v) is 8.90. The molecule has 0 atom stereocenters. The molecule has 27 heavy (non-hydrogen) atoms. The van der Waals surface area contributed by atoms with Gasteiger partial charge < -0.3 is 14.8 Å². The van der Waals surface area contributed by atoms with E-state index in [4.69, 9.17) is 9.47 Å². The van der Waals surface area contributed by atoms with Crippen LogP contribution in [0.1, 0.15) is 31.7 Å². The zero-order valence-electron chi connectivity index (χ0n) is 15.6. The first-order chi connectivity index (χ1) is 13.0. The van der Waals surface area contributed by atoms with Gasteiger partial charge in [-0.05, 0) is 49.7 Å². The Morgan fingerprint density at radius 2 is 1.78 bits per heavy atom. The van der Waals surface area contributed by atoms with Crippen molar-refractivity contribution in [3.05, 3.63) is 58.1 Å². The molecule has 1 N–H and O–H groups in total. The summed E-state index contributed by atoms with van der Waals surface area (Å²) in [4.78, 5) is 22.3. The van der Waals surface area contributed by atoms with Gasteiger partial charge in [0.2, 0.25) is 0 Å². The monoisotopic (exact) mass is 372 g/mol. The van der Waals surface area contributed by atoms with Gasteiger partial charge in [0.05, 0.1) is 11.5 Å². The molecule has 0 heterocycles. The molecule has 0 saturated heterocycles. The Morgan fingerprint density at radius 1 is 1.07 bits per heavy atom. The predicted molar refractivity (Wildman–Crippen MR) is 103 cm³/mol. The summed E-state index contributed by atoms with van der Waals surface area (Å²) in [5.41, 5.74) is 1.14. The Morgan fingerprint density at radius 3 is 2.41 bits per heavy atom. The second-order valence-corrected chi connectivity index (χ2v) is 6.12. The van der Waals surface area contributed by atoms with E-state index in [2.05, 4.69) is 12.2 Å². The van der Waals surface area contributed by atoms with Crippen LogP contribution in [0.3, 0.4) is 0 Å². The number of amides is 1. The number of anilines is 1. The molecule has 0 aromatic heterocycles. The number of nitro benzene ring substituents is 1. The van der Waals surface area contributed by atoms with E-state index in [0.29, 0.717) is 23.6 Å². The summed E-state index contributed by atoms with van der Waals surface area (Å²) >= 11 is 0. The summed E-state index contributed by atoms with van der Waals surface area (Å²) < 4.78 is 11.0. The van der Waals surface area contributed by atoms with Gasteiger partial charge >= 0.3 is 0 Å². The minimum Gasteiger partial charge on any atom is -0.494 e. The highest BCUT2D eigenvalue weighted by atomic mass is 16.6. The lowest BCUT2D eigenvalue weighted by atomic mass is 10.2. The van der Waals surface area contributed by atoms with Crippen molar-refractivity contribution >= 4 is 17.3 Å². The minimum atomic E-state index is -0.455. The van der Waals surface area contributed by atoms with Gasteiger partial charge in [0, 0.05) is 17.3 Å². The van der Waals surface area contributed by atoms with Gasteiger partial charge in [-0.3, -0.25) is 14.9 Å². The molecule has 0 aliphatic carbocycles. The van der Waals surface area contributed by atoms with E-state index < -0.39 is 4.92 Å². The van der Waals surface area contributed by atoms with Crippen molar-refractivity contribution in [2.24, 2.45) is 0 Å². The summed E-state index contributed by atoms with van der Waals surface area (Å²) in [5, 5.41) is 13.5. The maximum absolute atomic E-state index is 12.0. The summed E-state index contributed by atoms with van der Waals surface area (Å²) in [6.07, 6.45) is 3.31. The number of aryl methyl sites for hydroxylation is 1. The molecule has 2 aromatic carbocycles. The van der Waals surface area contributed by atoms with Gasteiger partial charge in [-0.1, -0.05) is 19.8 Å². The summed E-state index contributed by atoms with van der Waals surface area (Å²) in [6, 6.07) is 11.5. The molecular formula is C20H24N2O5. The van der Waals surface area contributed by atoms with Crippen molar-refractivity contribution < 1.29 is 19.2 Å². The fraction of sp³-hybridized carbons (Fsp3) is 0.350. The molecule has 0 unspecified atom stereocenters. The zero-order chi connectivity index (χ0) is 19.6. The molecule has 1 amide bonds. The molecule has 0 radical (unpaired) electrons. The fourth-order valence-electron chi connectivity index (χ4n) is 2.45. The number of nitro groups is 1. The molecular weight excluding hydrogens is 348 g/mol. The van der Waals surface area contributed by atoms with Crippen LogP contribution in [0.15, 0.2) is 42.5 Å². The highest BCUT2D eigenvalue weighted by Gasteiger charge is 2.11. The zero-order valence-corrected chi connectivity index (χ0v) is 15.6. The number of benzene rings is 2. The molecule has 0 aliphatic rings. The number of hydrogen-bond acceptors (Lipinski definition) is 5. The number of carbonyl (C=O) groups excluding carboxylic acids is 1. The van der Waals surface area contributed by atoms with Gasteiger partial charge in [0.25, 0.3) is 11.6 Å². The Bertz CT molecular complexity index is 774. The summed E-state index contributed by atoms with van der Waals surface area (Å²) in [5.74, 6) is 0.855. The van der Waals surface area contributed by atoms with Crippen LogP contribution in [-0.4, -0.2) is 24.0 Å². The lowest BCUT2D eigenvalue weighted by molar-refractivity contribution is -0.385. The second-order valence-electron chi connectivity index (χ2n) is 6.12. The van der Waals surface area contributed by atoms with Crippen molar-refractivity contribution in [1.82, 2.24) is 0 Å². The smallest absolute Gasteiger partial charge is 0.272 e. The minimum absolute atomic E-state index is 0.0174. The Hall–Kier alpha value is -3.09. The Kier molecular flexibility index (Phi) is 7.61. The van der Waals surface area contributed by atoms with Gasteiger partial charge in [0.1, 0.15) is 11.5 Å². The van der Waals surface area contributed by atoms with Crippen LogP contribution in [0.4, 0.5) is 11.4 Å². The molecule has 0 spiro atoms. The molecule has 2 rings (SSSR count). The first-order valence-electron chi connectivity index (χ1n) is 8.90. The predicted octanol–water partition coefficient (Wildman–Crippen LogP) is 4.49. The van der Waals surface area contributed by atoms with Crippen LogP contribution in [-0.2, 0) is 4.79 Å². The lowest BCUT2D eigenvalue weighted by Crippen LogP contribution is -2.20. The van der Waals surface area contributed by atoms with Crippen LogP contribution in [0.2, 0.25) is 0 Å². The average molecular weight is 372 g/mol. The van der Waals surface area contributed by atoms with E-state index in [9.17, 15) is 14.9 Å². The SMILES string of the molecule is CCCCCOc1ccc(NC(=O)COc2ccc([N+](=O)[O-])c(C)c2)cc1. The van der Waals surface area contributed by atoms with Gasteiger partial charge in [-0.2, -0.15) is 0 Å². The van der Waals surface area contributed by atoms with E-state index in [1.165, 1.54) is 18.2 Å². The number of carbonyl (C=O) groups is 1. The standard InChI is InChI=1S/C20H24N2O5/c1-3-4-5-12-26-17-8-6-16(7-9-17)21-20(23)14-27-18-10-11-19(22(24)25)15(2)13-18/h6-11,13H,3-5,12,14H2,1-2H3,(H,21,23). The van der Waals surface area contributed by atoms with E-state index in [1.807, 2.05) is 12.1 Å². The largest absolute Gasteiger partial charge is 0.494 e. The van der Waals surface area contributed by atoms with Gasteiger partial charge in [0.15, 0.2) is 6.61 Å². The molecule has 7 nitrogen and oxygen atoms in total. The van der Waals surface area contributed by atoms with Crippen LogP contribution in [0.25, 0.3) is 0 Å². The number of nitrogens with zero attached hydrogens (tertiary/aromatic N) is 1. The molecule has 0 fully saturated rings. The van der Waals surface area contributed by atoms with Crippen molar-refractivity contribution in [3.63, 3.8) is 0 Å². The number of rotatable bonds is 10. The second kappa shape index (κ2) is 10.2. The molecule has 144 valence electrons. The molecule has 0 saturated carbocycles. The van der Waals surface area contributed by atoms with Crippen molar-refractivity contribution in [3.8, 4) is 11.5 Å². The molecule has 7 heteroatoms. The van der Waals surface area contributed by atoms with Crippen LogP contribution < -0.4 is 14.8 Å². The number of nitrogens with one attached hydrogen (secondary N) is 1. The Balaban J connectivity index is 1.80. The third-order valence-electron chi connectivity index (χ3n) is 3.89. The lowest BCUT2D eigenvalue weighted by Gasteiger charge is -2.09. The molecule has 0 bridgehead atoms. The summed E-state index contributed by atoms with van der Waals surface area (Å²) in [6.45, 7) is 4.26. The first kappa shape index (κ1) is 20.2. The Labute approximate surface area is 158 Å². The average Bonchev–Trinajstić information content (AvgIpc) is 2.64. The normalized spacial score (nSPS) is 10.3. The van der Waals surface area contributed by atoms with Crippen molar-refractivity contribution in [2.75, 3.05) is 18.5 Å². The van der Waals surface area contributed by atoms with Gasteiger partial charge in [-0.25, -0.2) is 0 Å². The van der Waals surface area contributed by atoms with Crippen LogP contribution >= 0.6 is 0 Å². The number of ether oxygens (including phenoxy) is 2.